The third-order valence-electron chi connectivity index (χ3n) is 3.52. The SMILES string of the molecule is CC(c1nc2cc(F)ccc2n1CC(=O)O)N(C)CCO. The second-order valence-corrected chi connectivity index (χ2v) is 4.96. The topological polar surface area (TPSA) is 78.6 Å². The summed E-state index contributed by atoms with van der Waals surface area (Å²) < 4.78 is 14.9. The van der Waals surface area contributed by atoms with Crippen LogP contribution >= 0.6 is 0 Å². The fraction of sp³-hybridized carbons (Fsp3) is 0.429. The zero-order chi connectivity index (χ0) is 15.6. The summed E-state index contributed by atoms with van der Waals surface area (Å²) in [6, 6.07) is 3.90. The second-order valence-electron chi connectivity index (χ2n) is 4.96. The number of nitrogens with zero attached hydrogens (tertiary/aromatic N) is 3. The van der Waals surface area contributed by atoms with E-state index in [0.717, 1.165) is 0 Å². The molecule has 1 aromatic carbocycles. The molecule has 0 aliphatic rings. The number of aliphatic hydroxyl groups is 1. The normalized spacial score (nSPS) is 13.0. The highest BCUT2D eigenvalue weighted by atomic mass is 19.1. The summed E-state index contributed by atoms with van der Waals surface area (Å²) in [5.41, 5.74) is 1.01. The highest BCUT2D eigenvalue weighted by Gasteiger charge is 2.21. The van der Waals surface area contributed by atoms with E-state index in [9.17, 15) is 9.18 Å². The number of benzene rings is 1. The highest BCUT2D eigenvalue weighted by molar-refractivity contribution is 5.78. The number of hydrogen-bond donors (Lipinski definition) is 2. The van der Waals surface area contributed by atoms with Crippen molar-refractivity contribution in [3.05, 3.63) is 29.8 Å². The molecule has 6 nitrogen and oxygen atoms in total. The number of aliphatic hydroxyl groups excluding tert-OH is 1. The van der Waals surface area contributed by atoms with Gasteiger partial charge >= 0.3 is 5.97 Å². The molecule has 0 bridgehead atoms. The third-order valence-corrected chi connectivity index (χ3v) is 3.52. The van der Waals surface area contributed by atoms with Gasteiger partial charge in [-0.3, -0.25) is 9.69 Å². The lowest BCUT2D eigenvalue weighted by Gasteiger charge is -2.23. The molecular formula is C14H18FN3O3. The Morgan fingerprint density at radius 3 is 2.86 bits per heavy atom. The molecule has 0 spiro atoms. The monoisotopic (exact) mass is 295 g/mol. The minimum absolute atomic E-state index is 0.00533. The minimum Gasteiger partial charge on any atom is -0.480 e. The number of likely N-dealkylation sites (N-methyl/N-ethyl adjacent to an activating group) is 1. The van der Waals surface area contributed by atoms with Gasteiger partial charge in [-0.15, -0.1) is 0 Å². The summed E-state index contributed by atoms with van der Waals surface area (Å²) in [5.74, 6) is -0.865. The van der Waals surface area contributed by atoms with Crippen LogP contribution < -0.4 is 0 Å². The Morgan fingerprint density at radius 2 is 2.24 bits per heavy atom. The van der Waals surface area contributed by atoms with Gasteiger partial charge in [0.1, 0.15) is 18.2 Å². The summed E-state index contributed by atoms with van der Waals surface area (Å²) in [4.78, 5) is 17.3. The van der Waals surface area contributed by atoms with E-state index < -0.39 is 11.8 Å². The maximum Gasteiger partial charge on any atom is 0.323 e. The summed E-state index contributed by atoms with van der Waals surface area (Å²) >= 11 is 0. The van der Waals surface area contributed by atoms with Crippen molar-refractivity contribution in [3.8, 4) is 0 Å². The fourth-order valence-electron chi connectivity index (χ4n) is 2.29. The molecule has 0 aliphatic carbocycles. The summed E-state index contributed by atoms with van der Waals surface area (Å²) in [5, 5.41) is 18.1. The largest absolute Gasteiger partial charge is 0.480 e. The molecule has 21 heavy (non-hydrogen) atoms. The number of aromatic nitrogens is 2. The predicted molar refractivity (Wildman–Crippen MR) is 75.5 cm³/mol. The maximum atomic E-state index is 13.3. The molecule has 0 fully saturated rings. The standard InChI is InChI=1S/C14H18FN3O3/c1-9(17(2)5-6-19)14-16-11-7-10(15)3-4-12(11)18(14)8-13(20)21/h3-4,7,9,19H,5-6,8H2,1-2H3,(H,20,21). The summed E-state index contributed by atoms with van der Waals surface area (Å²) in [6.45, 7) is 2.06. The van der Waals surface area contributed by atoms with E-state index in [2.05, 4.69) is 4.98 Å². The molecule has 0 saturated heterocycles. The number of imidazole rings is 1. The lowest BCUT2D eigenvalue weighted by Crippen LogP contribution is -2.28. The van der Waals surface area contributed by atoms with Gasteiger partial charge < -0.3 is 14.8 Å². The maximum absolute atomic E-state index is 13.3. The Labute approximate surface area is 121 Å². The van der Waals surface area contributed by atoms with Gasteiger partial charge in [0.05, 0.1) is 23.7 Å². The van der Waals surface area contributed by atoms with Gasteiger partial charge in [-0.2, -0.15) is 0 Å². The zero-order valence-corrected chi connectivity index (χ0v) is 12.0. The Morgan fingerprint density at radius 1 is 1.52 bits per heavy atom. The van der Waals surface area contributed by atoms with Gasteiger partial charge in [-0.05, 0) is 26.1 Å². The van der Waals surface area contributed by atoms with Gasteiger partial charge in [0.15, 0.2) is 0 Å². The fourth-order valence-corrected chi connectivity index (χ4v) is 2.29. The number of aliphatic carboxylic acids is 1. The average molecular weight is 295 g/mol. The first kappa shape index (κ1) is 15.4. The number of carboxylic acids is 1. The van der Waals surface area contributed by atoms with Gasteiger partial charge in [0.2, 0.25) is 0 Å². The number of halogens is 1. The van der Waals surface area contributed by atoms with Crippen LogP contribution in [0.25, 0.3) is 11.0 Å². The van der Waals surface area contributed by atoms with Crippen LogP contribution in [0.2, 0.25) is 0 Å². The molecule has 2 rings (SSSR count). The van der Waals surface area contributed by atoms with Gasteiger partial charge in [0, 0.05) is 12.6 Å². The molecule has 2 aromatic rings. The van der Waals surface area contributed by atoms with Crippen molar-refractivity contribution in [1.82, 2.24) is 14.5 Å². The van der Waals surface area contributed by atoms with Crippen LogP contribution in [0.3, 0.4) is 0 Å². The van der Waals surface area contributed by atoms with Crippen molar-refractivity contribution < 1.29 is 19.4 Å². The Kier molecular flexibility index (Phi) is 4.54. The lowest BCUT2D eigenvalue weighted by molar-refractivity contribution is -0.137. The molecule has 7 heteroatoms. The van der Waals surface area contributed by atoms with Gasteiger partial charge in [0.25, 0.3) is 0 Å². The molecule has 1 aromatic heterocycles. The average Bonchev–Trinajstić information content (AvgIpc) is 2.75. The van der Waals surface area contributed by atoms with E-state index in [4.69, 9.17) is 10.2 Å². The molecular weight excluding hydrogens is 277 g/mol. The van der Waals surface area contributed by atoms with E-state index in [1.165, 1.54) is 18.2 Å². The van der Waals surface area contributed by atoms with Crippen molar-refractivity contribution in [2.45, 2.75) is 19.5 Å². The van der Waals surface area contributed by atoms with Gasteiger partial charge in [-0.25, -0.2) is 9.37 Å². The number of rotatable bonds is 6. The zero-order valence-electron chi connectivity index (χ0n) is 12.0. The minimum atomic E-state index is -0.989. The van der Waals surface area contributed by atoms with Gasteiger partial charge in [-0.1, -0.05) is 0 Å². The van der Waals surface area contributed by atoms with Crippen LogP contribution in [0.5, 0.6) is 0 Å². The Bertz CT molecular complexity index is 656. The van der Waals surface area contributed by atoms with Crippen LogP contribution in [-0.4, -0.2) is 50.8 Å². The molecule has 0 radical (unpaired) electrons. The first-order valence-corrected chi connectivity index (χ1v) is 6.62. The van der Waals surface area contributed by atoms with Crippen LogP contribution in [0.1, 0.15) is 18.8 Å². The van der Waals surface area contributed by atoms with E-state index in [1.807, 2.05) is 18.9 Å². The predicted octanol–water partition coefficient (Wildman–Crippen LogP) is 1.25. The molecule has 1 unspecified atom stereocenters. The second kappa shape index (κ2) is 6.19. The van der Waals surface area contributed by atoms with E-state index in [0.29, 0.717) is 23.4 Å². The Balaban J connectivity index is 2.52. The summed E-state index contributed by atoms with van der Waals surface area (Å²) in [6.07, 6.45) is 0. The summed E-state index contributed by atoms with van der Waals surface area (Å²) in [7, 11) is 1.81. The van der Waals surface area contributed by atoms with E-state index in [1.54, 1.807) is 4.57 Å². The van der Waals surface area contributed by atoms with Crippen LogP contribution in [-0.2, 0) is 11.3 Å². The van der Waals surface area contributed by atoms with Crippen molar-refractivity contribution in [1.29, 1.82) is 0 Å². The molecule has 0 aliphatic heterocycles. The van der Waals surface area contributed by atoms with Crippen molar-refractivity contribution in [2.75, 3.05) is 20.2 Å². The number of carboxylic acid groups (broad SMARTS) is 1. The Hall–Kier alpha value is -1.99. The first-order chi connectivity index (χ1) is 9.93. The molecule has 1 atom stereocenters. The molecule has 1 heterocycles. The number of hydrogen-bond acceptors (Lipinski definition) is 4. The first-order valence-electron chi connectivity index (χ1n) is 6.62. The smallest absolute Gasteiger partial charge is 0.323 e. The lowest BCUT2D eigenvalue weighted by atomic mass is 10.2. The molecule has 0 saturated carbocycles. The van der Waals surface area contributed by atoms with Crippen LogP contribution in [0.15, 0.2) is 18.2 Å². The highest BCUT2D eigenvalue weighted by Crippen LogP contribution is 2.24. The molecule has 114 valence electrons. The number of carbonyl (C=O) groups is 1. The van der Waals surface area contributed by atoms with Crippen molar-refractivity contribution >= 4 is 17.0 Å². The number of fused-ring (bicyclic) bond motifs is 1. The van der Waals surface area contributed by atoms with E-state index >= 15 is 0 Å². The molecule has 0 amide bonds. The quantitative estimate of drug-likeness (QED) is 0.838. The van der Waals surface area contributed by atoms with E-state index in [-0.39, 0.29) is 19.2 Å². The molecule has 2 N–H and O–H groups in total. The van der Waals surface area contributed by atoms with Crippen molar-refractivity contribution in [2.24, 2.45) is 0 Å². The third kappa shape index (κ3) is 3.20. The van der Waals surface area contributed by atoms with Crippen LogP contribution in [0, 0.1) is 5.82 Å². The van der Waals surface area contributed by atoms with Crippen molar-refractivity contribution in [3.63, 3.8) is 0 Å². The van der Waals surface area contributed by atoms with Crippen LogP contribution in [0.4, 0.5) is 4.39 Å².